The Balaban J connectivity index is 2.18. The van der Waals surface area contributed by atoms with Crippen LogP contribution in [-0.2, 0) is 4.79 Å². The van der Waals surface area contributed by atoms with E-state index in [1.54, 1.807) is 12.1 Å². The number of piperidine rings is 1. The number of carbonyl (C=O) groups is 1. The molecule has 1 aromatic carbocycles. The van der Waals surface area contributed by atoms with E-state index < -0.39 is 0 Å². The Kier molecular flexibility index (Phi) is 3.28. The van der Waals surface area contributed by atoms with Crippen molar-refractivity contribution >= 4 is 27.4 Å². The number of anilines is 1. The highest BCUT2D eigenvalue weighted by atomic mass is 79.9. The third-order valence-electron chi connectivity index (χ3n) is 2.94. The number of benzene rings is 1. The Morgan fingerprint density at radius 1 is 1.50 bits per heavy atom. The number of ketones is 1. The van der Waals surface area contributed by atoms with Crippen molar-refractivity contribution < 1.29 is 9.18 Å². The molecule has 0 spiro atoms. The molecule has 1 atom stereocenters. The minimum Gasteiger partial charge on any atom is -0.370 e. The van der Waals surface area contributed by atoms with Gasteiger partial charge in [0.15, 0.2) is 0 Å². The molecular weight excluding hydrogens is 273 g/mol. The van der Waals surface area contributed by atoms with Crippen LogP contribution in [0.1, 0.15) is 13.3 Å². The van der Waals surface area contributed by atoms with Gasteiger partial charge in [0.1, 0.15) is 11.6 Å². The zero-order chi connectivity index (χ0) is 11.7. The van der Waals surface area contributed by atoms with Crippen molar-refractivity contribution in [2.24, 2.45) is 5.92 Å². The van der Waals surface area contributed by atoms with Crippen LogP contribution in [0.3, 0.4) is 0 Å². The Hall–Kier alpha value is -0.900. The summed E-state index contributed by atoms with van der Waals surface area (Å²) >= 11 is 3.17. The van der Waals surface area contributed by atoms with Gasteiger partial charge in [0.25, 0.3) is 0 Å². The lowest BCUT2D eigenvalue weighted by Gasteiger charge is -2.32. The predicted molar refractivity (Wildman–Crippen MR) is 65.1 cm³/mol. The first kappa shape index (κ1) is 11.6. The zero-order valence-electron chi connectivity index (χ0n) is 9.04. The molecular formula is C12H13BrFNO. The largest absolute Gasteiger partial charge is 0.370 e. The highest BCUT2D eigenvalue weighted by Crippen LogP contribution is 2.26. The minimum atomic E-state index is -0.259. The Labute approximate surface area is 103 Å². The third kappa shape index (κ3) is 2.26. The van der Waals surface area contributed by atoms with Crippen molar-refractivity contribution in [2.75, 3.05) is 18.0 Å². The van der Waals surface area contributed by atoms with E-state index in [4.69, 9.17) is 0 Å². The summed E-state index contributed by atoms with van der Waals surface area (Å²) in [6.45, 7) is 3.38. The fourth-order valence-corrected chi connectivity index (χ4v) is 2.30. The number of nitrogens with zero attached hydrogens (tertiary/aromatic N) is 1. The maximum Gasteiger partial charge on any atom is 0.139 e. The van der Waals surface area contributed by atoms with Crippen molar-refractivity contribution in [3.63, 3.8) is 0 Å². The van der Waals surface area contributed by atoms with E-state index in [0.717, 1.165) is 18.8 Å². The average molecular weight is 286 g/mol. The van der Waals surface area contributed by atoms with Gasteiger partial charge in [-0.25, -0.2) is 4.39 Å². The predicted octanol–water partition coefficient (Wildman–Crippen LogP) is 3.00. The Morgan fingerprint density at radius 3 is 2.88 bits per heavy atom. The van der Waals surface area contributed by atoms with Crippen LogP contribution in [-0.4, -0.2) is 18.9 Å². The van der Waals surface area contributed by atoms with Gasteiger partial charge in [-0.1, -0.05) is 6.92 Å². The number of Topliss-reactive ketones (excluding diaryl/α,β-unsaturated/α-hetero) is 1. The number of hydrogen-bond donors (Lipinski definition) is 0. The smallest absolute Gasteiger partial charge is 0.139 e. The molecule has 1 aliphatic rings. The molecule has 2 rings (SSSR count). The van der Waals surface area contributed by atoms with Crippen molar-refractivity contribution in [2.45, 2.75) is 13.3 Å². The molecule has 0 aliphatic carbocycles. The van der Waals surface area contributed by atoms with Crippen molar-refractivity contribution in [3.8, 4) is 0 Å². The van der Waals surface area contributed by atoms with Crippen LogP contribution in [0.5, 0.6) is 0 Å². The molecule has 2 nitrogen and oxygen atoms in total. The summed E-state index contributed by atoms with van der Waals surface area (Å²) in [5.74, 6) is 0.125. The number of carbonyl (C=O) groups excluding carboxylic acids is 1. The highest BCUT2D eigenvalue weighted by molar-refractivity contribution is 9.10. The quantitative estimate of drug-likeness (QED) is 0.791. The number of rotatable bonds is 1. The molecule has 0 bridgehead atoms. The molecule has 1 fully saturated rings. The topological polar surface area (TPSA) is 20.3 Å². The van der Waals surface area contributed by atoms with E-state index in [9.17, 15) is 9.18 Å². The average Bonchev–Trinajstić information content (AvgIpc) is 2.26. The van der Waals surface area contributed by atoms with Crippen molar-refractivity contribution in [1.82, 2.24) is 0 Å². The molecule has 0 radical (unpaired) electrons. The molecule has 0 amide bonds. The highest BCUT2D eigenvalue weighted by Gasteiger charge is 2.23. The monoisotopic (exact) mass is 285 g/mol. The molecule has 4 heteroatoms. The molecule has 86 valence electrons. The van der Waals surface area contributed by atoms with E-state index in [1.165, 1.54) is 6.07 Å². The van der Waals surface area contributed by atoms with Gasteiger partial charge in [0.2, 0.25) is 0 Å². The maximum atomic E-state index is 13.1. The molecule has 1 heterocycles. The fourth-order valence-electron chi connectivity index (χ4n) is 1.93. The lowest BCUT2D eigenvalue weighted by Crippen LogP contribution is -2.39. The van der Waals surface area contributed by atoms with Gasteiger partial charge in [0.05, 0.1) is 4.47 Å². The van der Waals surface area contributed by atoms with Gasteiger partial charge in [-0.2, -0.15) is 0 Å². The Bertz CT molecular complexity index is 421. The van der Waals surface area contributed by atoms with Crippen LogP contribution in [0.4, 0.5) is 10.1 Å². The zero-order valence-corrected chi connectivity index (χ0v) is 10.6. The first-order valence-electron chi connectivity index (χ1n) is 5.30. The molecule has 1 unspecified atom stereocenters. The van der Waals surface area contributed by atoms with Gasteiger partial charge in [0, 0.05) is 31.1 Å². The van der Waals surface area contributed by atoms with Gasteiger partial charge < -0.3 is 4.90 Å². The van der Waals surface area contributed by atoms with Crippen molar-refractivity contribution in [1.29, 1.82) is 0 Å². The standard InChI is InChI=1S/C12H13BrFNO/c1-8-7-15(5-4-12(8)16)9-2-3-11(14)10(13)6-9/h2-3,6,8H,4-5,7H2,1H3. The van der Waals surface area contributed by atoms with Crippen LogP contribution in [0, 0.1) is 11.7 Å². The van der Waals surface area contributed by atoms with Gasteiger partial charge >= 0.3 is 0 Å². The second-order valence-corrected chi connectivity index (χ2v) is 5.02. The SMILES string of the molecule is CC1CN(c2ccc(F)c(Br)c2)CCC1=O. The fraction of sp³-hybridized carbons (Fsp3) is 0.417. The minimum absolute atomic E-state index is 0.0672. The number of halogens is 2. The molecule has 0 saturated carbocycles. The van der Waals surface area contributed by atoms with Gasteiger partial charge in [-0.15, -0.1) is 0 Å². The van der Waals surface area contributed by atoms with E-state index in [0.29, 0.717) is 16.7 Å². The summed E-state index contributed by atoms with van der Waals surface area (Å²) in [6.07, 6.45) is 0.580. The van der Waals surface area contributed by atoms with E-state index in [2.05, 4.69) is 20.8 Å². The molecule has 0 aromatic heterocycles. The summed E-state index contributed by atoms with van der Waals surface area (Å²) in [7, 11) is 0. The van der Waals surface area contributed by atoms with E-state index in [-0.39, 0.29) is 11.7 Å². The molecule has 0 N–H and O–H groups in total. The van der Waals surface area contributed by atoms with Crippen LogP contribution in [0.2, 0.25) is 0 Å². The van der Waals surface area contributed by atoms with Gasteiger partial charge in [-0.3, -0.25) is 4.79 Å². The Morgan fingerprint density at radius 2 is 2.25 bits per heavy atom. The summed E-state index contributed by atoms with van der Waals surface area (Å²) in [4.78, 5) is 13.5. The molecule has 16 heavy (non-hydrogen) atoms. The first-order valence-corrected chi connectivity index (χ1v) is 6.10. The second kappa shape index (κ2) is 4.53. The summed E-state index contributed by atoms with van der Waals surface area (Å²) in [5.41, 5.74) is 0.965. The number of hydrogen-bond acceptors (Lipinski definition) is 2. The van der Waals surface area contributed by atoms with Crippen LogP contribution in [0.25, 0.3) is 0 Å². The molecule has 1 aromatic rings. The second-order valence-electron chi connectivity index (χ2n) is 4.16. The third-order valence-corrected chi connectivity index (χ3v) is 3.55. The lowest BCUT2D eigenvalue weighted by atomic mass is 9.98. The summed E-state index contributed by atoms with van der Waals surface area (Å²) < 4.78 is 13.6. The lowest BCUT2D eigenvalue weighted by molar-refractivity contribution is -0.122. The van der Waals surface area contributed by atoms with E-state index in [1.807, 2.05) is 6.92 Å². The summed E-state index contributed by atoms with van der Waals surface area (Å²) in [5, 5.41) is 0. The van der Waals surface area contributed by atoms with Crippen molar-refractivity contribution in [3.05, 3.63) is 28.5 Å². The van der Waals surface area contributed by atoms with Crippen LogP contribution >= 0.6 is 15.9 Å². The van der Waals surface area contributed by atoms with Crippen LogP contribution in [0.15, 0.2) is 22.7 Å². The molecule has 1 aliphatic heterocycles. The maximum absolute atomic E-state index is 13.1. The van der Waals surface area contributed by atoms with E-state index >= 15 is 0 Å². The van der Waals surface area contributed by atoms with Gasteiger partial charge in [-0.05, 0) is 34.1 Å². The van der Waals surface area contributed by atoms with Crippen LogP contribution < -0.4 is 4.90 Å². The summed E-state index contributed by atoms with van der Waals surface area (Å²) in [6, 6.07) is 4.96. The molecule has 1 saturated heterocycles. The normalized spacial score (nSPS) is 21.3. The first-order chi connectivity index (χ1) is 7.58.